The Morgan fingerprint density at radius 1 is 0.833 bits per heavy atom. The van der Waals surface area contributed by atoms with Crippen LogP contribution in [0.3, 0.4) is 0 Å². The maximum Gasteiger partial charge on any atom is 0.343 e. The van der Waals surface area contributed by atoms with Crippen molar-refractivity contribution in [1.82, 2.24) is 0 Å². The average molecular weight is 407 g/mol. The van der Waals surface area contributed by atoms with Crippen molar-refractivity contribution >= 4 is 5.97 Å². The Morgan fingerprint density at radius 2 is 1.50 bits per heavy atom. The molecule has 2 aromatic rings. The Kier molecular flexibility index (Phi) is 8.54. The number of esters is 1. The van der Waals surface area contributed by atoms with Crippen molar-refractivity contribution in [3.8, 4) is 5.75 Å². The number of ether oxygens (including phenoxy) is 1. The van der Waals surface area contributed by atoms with Crippen molar-refractivity contribution in [2.45, 2.75) is 96.3 Å². The maximum atomic E-state index is 12.5. The number of rotatable bonds is 10. The second-order valence-corrected chi connectivity index (χ2v) is 9.01. The third-order valence-electron chi connectivity index (χ3n) is 6.76. The van der Waals surface area contributed by atoms with E-state index in [9.17, 15) is 4.79 Å². The van der Waals surface area contributed by atoms with E-state index in [1.807, 2.05) is 36.4 Å². The first-order valence-electron chi connectivity index (χ1n) is 12.1. The monoisotopic (exact) mass is 406 g/mol. The fourth-order valence-electron chi connectivity index (χ4n) is 4.86. The van der Waals surface area contributed by atoms with Gasteiger partial charge in [0.1, 0.15) is 5.75 Å². The topological polar surface area (TPSA) is 26.3 Å². The van der Waals surface area contributed by atoms with E-state index in [0.717, 1.165) is 6.42 Å². The zero-order valence-electron chi connectivity index (χ0n) is 18.9. The van der Waals surface area contributed by atoms with Gasteiger partial charge in [0.2, 0.25) is 0 Å². The third kappa shape index (κ3) is 5.97. The summed E-state index contributed by atoms with van der Waals surface area (Å²) in [6.45, 7) is 4.47. The van der Waals surface area contributed by atoms with Crippen LogP contribution in [0.2, 0.25) is 0 Å². The van der Waals surface area contributed by atoms with Gasteiger partial charge in [-0.05, 0) is 72.9 Å². The van der Waals surface area contributed by atoms with Crippen LogP contribution in [0.5, 0.6) is 5.75 Å². The van der Waals surface area contributed by atoms with Gasteiger partial charge >= 0.3 is 5.97 Å². The molecule has 0 aliphatic heterocycles. The van der Waals surface area contributed by atoms with Crippen LogP contribution in [0.25, 0.3) is 0 Å². The molecule has 1 aliphatic carbocycles. The van der Waals surface area contributed by atoms with E-state index in [1.165, 1.54) is 81.8 Å². The molecule has 0 bridgehead atoms. The molecule has 0 heterocycles. The highest BCUT2D eigenvalue weighted by atomic mass is 16.5. The van der Waals surface area contributed by atoms with Crippen LogP contribution in [-0.2, 0) is 11.8 Å². The number of unbranched alkanes of at least 4 members (excludes halogenated alkanes) is 3. The summed E-state index contributed by atoms with van der Waals surface area (Å²) in [5.41, 5.74) is 3.64. The highest BCUT2D eigenvalue weighted by Crippen LogP contribution is 2.43. The number of carbonyl (C=O) groups excluding carboxylic acids is 1. The van der Waals surface area contributed by atoms with Gasteiger partial charge in [0, 0.05) is 0 Å². The number of carbonyl (C=O) groups is 1. The maximum absolute atomic E-state index is 12.5. The molecule has 0 unspecified atom stereocenters. The zero-order valence-corrected chi connectivity index (χ0v) is 18.9. The average Bonchev–Trinajstić information content (AvgIpc) is 2.79. The molecule has 0 atom stereocenters. The minimum Gasteiger partial charge on any atom is -0.423 e. The van der Waals surface area contributed by atoms with Crippen LogP contribution in [0, 0.1) is 0 Å². The van der Waals surface area contributed by atoms with Crippen molar-refractivity contribution in [2.24, 2.45) is 0 Å². The first kappa shape index (κ1) is 22.6. The van der Waals surface area contributed by atoms with E-state index in [2.05, 4.69) is 26.0 Å². The van der Waals surface area contributed by atoms with Crippen molar-refractivity contribution < 1.29 is 9.53 Å². The van der Waals surface area contributed by atoms with E-state index >= 15 is 0 Å². The molecule has 2 heteroatoms. The number of benzene rings is 2. The van der Waals surface area contributed by atoms with Gasteiger partial charge in [-0.2, -0.15) is 0 Å². The van der Waals surface area contributed by atoms with Gasteiger partial charge in [0.25, 0.3) is 0 Å². The minimum absolute atomic E-state index is 0.278. The van der Waals surface area contributed by atoms with Crippen LogP contribution in [-0.4, -0.2) is 5.97 Å². The Bertz CT molecular complexity index is 767. The molecule has 0 spiro atoms. The van der Waals surface area contributed by atoms with Gasteiger partial charge in [0.05, 0.1) is 5.56 Å². The molecule has 1 aliphatic rings. The molecule has 0 radical (unpaired) electrons. The Morgan fingerprint density at radius 3 is 2.13 bits per heavy atom. The molecule has 2 nitrogen and oxygen atoms in total. The molecule has 0 aromatic heterocycles. The van der Waals surface area contributed by atoms with Crippen LogP contribution >= 0.6 is 0 Å². The van der Waals surface area contributed by atoms with Gasteiger partial charge in [0.15, 0.2) is 0 Å². The summed E-state index contributed by atoms with van der Waals surface area (Å²) in [6.07, 6.45) is 15.2. The predicted molar refractivity (Wildman–Crippen MR) is 125 cm³/mol. The van der Waals surface area contributed by atoms with E-state index in [1.54, 1.807) is 0 Å². The second-order valence-electron chi connectivity index (χ2n) is 9.01. The van der Waals surface area contributed by atoms with Gasteiger partial charge in [-0.1, -0.05) is 83.1 Å². The highest BCUT2D eigenvalue weighted by molar-refractivity contribution is 5.91. The zero-order chi connectivity index (χ0) is 21.2. The molecule has 3 rings (SSSR count). The number of hydrogen-bond donors (Lipinski definition) is 0. The molecule has 2 aromatic carbocycles. The lowest BCUT2D eigenvalue weighted by Gasteiger charge is -2.38. The molecular weight excluding hydrogens is 368 g/mol. The summed E-state index contributed by atoms with van der Waals surface area (Å²) in [6, 6.07) is 16.2. The Balaban J connectivity index is 1.64. The van der Waals surface area contributed by atoms with Crippen molar-refractivity contribution in [3.05, 3.63) is 65.2 Å². The van der Waals surface area contributed by atoms with Crippen molar-refractivity contribution in [2.75, 3.05) is 0 Å². The van der Waals surface area contributed by atoms with E-state index in [4.69, 9.17) is 4.74 Å². The van der Waals surface area contributed by atoms with E-state index < -0.39 is 0 Å². The van der Waals surface area contributed by atoms with Crippen LogP contribution in [0.15, 0.2) is 48.5 Å². The van der Waals surface area contributed by atoms with Gasteiger partial charge in [-0.15, -0.1) is 0 Å². The Labute approximate surface area is 183 Å². The summed E-state index contributed by atoms with van der Waals surface area (Å²) >= 11 is 0. The van der Waals surface area contributed by atoms with Crippen LogP contribution in [0.4, 0.5) is 0 Å². The lowest BCUT2D eigenvalue weighted by molar-refractivity contribution is 0.0734. The highest BCUT2D eigenvalue weighted by Gasteiger charge is 2.33. The predicted octanol–water partition coefficient (Wildman–Crippen LogP) is 8.03. The van der Waals surface area contributed by atoms with Gasteiger partial charge < -0.3 is 4.74 Å². The van der Waals surface area contributed by atoms with Gasteiger partial charge in [-0.25, -0.2) is 4.79 Å². The van der Waals surface area contributed by atoms with Crippen molar-refractivity contribution in [1.29, 1.82) is 0 Å². The largest absolute Gasteiger partial charge is 0.423 e. The standard InChI is InChI=1S/C28H38O2/c1-3-5-8-20-28(21-9-7-10-22-28)25-16-18-26(19-17-25)30-27(29)24-14-12-23(13-15-24)11-6-4-2/h12-19H,3-11,20-22H2,1-2H3. The molecule has 1 fully saturated rings. The molecular formula is C28H38O2. The lowest BCUT2D eigenvalue weighted by atomic mass is 9.66. The lowest BCUT2D eigenvalue weighted by Crippen LogP contribution is -2.29. The molecule has 0 saturated heterocycles. The molecule has 1 saturated carbocycles. The smallest absolute Gasteiger partial charge is 0.343 e. The first-order chi connectivity index (χ1) is 14.7. The summed E-state index contributed by atoms with van der Waals surface area (Å²) < 4.78 is 5.66. The second kappa shape index (κ2) is 11.3. The fourth-order valence-corrected chi connectivity index (χ4v) is 4.86. The van der Waals surface area contributed by atoms with E-state index in [0.29, 0.717) is 16.7 Å². The fraction of sp³-hybridized carbons (Fsp3) is 0.536. The minimum atomic E-state index is -0.278. The summed E-state index contributed by atoms with van der Waals surface area (Å²) in [7, 11) is 0. The first-order valence-corrected chi connectivity index (χ1v) is 12.1. The van der Waals surface area contributed by atoms with Crippen molar-refractivity contribution in [3.63, 3.8) is 0 Å². The molecule has 162 valence electrons. The quantitative estimate of drug-likeness (QED) is 0.227. The number of hydrogen-bond acceptors (Lipinski definition) is 2. The molecule has 30 heavy (non-hydrogen) atoms. The third-order valence-corrected chi connectivity index (χ3v) is 6.76. The summed E-state index contributed by atoms with van der Waals surface area (Å²) in [5.74, 6) is 0.360. The molecule has 0 N–H and O–H groups in total. The SMILES string of the molecule is CCCCCC1(c2ccc(OC(=O)c3ccc(CCCC)cc3)cc2)CCCCC1. The normalized spacial score (nSPS) is 15.7. The molecule has 0 amide bonds. The Hall–Kier alpha value is -2.09. The number of aryl methyl sites for hydroxylation is 1. The summed E-state index contributed by atoms with van der Waals surface area (Å²) in [4.78, 5) is 12.5. The van der Waals surface area contributed by atoms with E-state index in [-0.39, 0.29) is 5.97 Å². The van der Waals surface area contributed by atoms with Crippen LogP contribution < -0.4 is 4.74 Å². The van der Waals surface area contributed by atoms with Gasteiger partial charge in [-0.3, -0.25) is 0 Å². The van der Waals surface area contributed by atoms with Crippen LogP contribution in [0.1, 0.15) is 106 Å². The summed E-state index contributed by atoms with van der Waals surface area (Å²) in [5, 5.41) is 0.